The third-order valence-electron chi connectivity index (χ3n) is 5.17. The van der Waals surface area contributed by atoms with E-state index in [9.17, 15) is 5.11 Å². The van der Waals surface area contributed by atoms with Crippen molar-refractivity contribution in [1.29, 1.82) is 0 Å². The van der Waals surface area contributed by atoms with E-state index in [-0.39, 0.29) is 18.3 Å². The first-order valence-corrected chi connectivity index (χ1v) is 7.75. The van der Waals surface area contributed by atoms with Gasteiger partial charge in [0.05, 0.1) is 13.2 Å². The molecule has 5 heteroatoms. The third-order valence-corrected chi connectivity index (χ3v) is 5.17. The molecular formula is C15H28O5. The molecule has 2 N–H and O–H groups in total. The van der Waals surface area contributed by atoms with Gasteiger partial charge >= 0.3 is 0 Å². The van der Waals surface area contributed by atoms with Gasteiger partial charge in [-0.15, -0.1) is 0 Å². The fraction of sp³-hybridized carbons (Fsp3) is 1.00. The molecule has 3 aliphatic rings. The maximum atomic E-state index is 10.0. The van der Waals surface area contributed by atoms with Crippen LogP contribution in [0.4, 0.5) is 0 Å². The maximum absolute atomic E-state index is 10.0. The summed E-state index contributed by atoms with van der Waals surface area (Å²) >= 11 is 0. The average Bonchev–Trinajstić information content (AvgIpc) is 2.57. The molecule has 3 fully saturated rings. The summed E-state index contributed by atoms with van der Waals surface area (Å²) in [6.07, 6.45) is 5.75. The highest BCUT2D eigenvalue weighted by atomic mass is 17.1. The quantitative estimate of drug-likeness (QED) is 0.530. The van der Waals surface area contributed by atoms with Gasteiger partial charge in [0.1, 0.15) is 0 Å². The zero-order valence-electron chi connectivity index (χ0n) is 12.7. The van der Waals surface area contributed by atoms with Gasteiger partial charge in [0.15, 0.2) is 12.6 Å². The highest BCUT2D eigenvalue weighted by molar-refractivity contribution is 4.92. The van der Waals surface area contributed by atoms with Gasteiger partial charge in [0.25, 0.3) is 0 Å². The Morgan fingerprint density at radius 2 is 1.75 bits per heavy atom. The van der Waals surface area contributed by atoms with E-state index in [4.69, 9.17) is 14.7 Å². The lowest BCUT2D eigenvalue weighted by Gasteiger charge is -2.49. The van der Waals surface area contributed by atoms with Crippen LogP contribution < -0.4 is 0 Å². The summed E-state index contributed by atoms with van der Waals surface area (Å²) in [5, 5.41) is 17.1. The molecule has 0 aromatic heterocycles. The van der Waals surface area contributed by atoms with Crippen molar-refractivity contribution in [2.24, 2.45) is 23.7 Å². The second-order valence-electron chi connectivity index (χ2n) is 6.39. The molecule has 2 saturated heterocycles. The van der Waals surface area contributed by atoms with Crippen molar-refractivity contribution in [3.63, 3.8) is 0 Å². The molecule has 0 radical (unpaired) electrons. The lowest BCUT2D eigenvalue weighted by molar-refractivity contribution is -0.320. The van der Waals surface area contributed by atoms with E-state index in [1.807, 2.05) is 0 Å². The van der Waals surface area contributed by atoms with E-state index >= 15 is 0 Å². The van der Waals surface area contributed by atoms with E-state index in [1.165, 1.54) is 32.8 Å². The molecule has 0 aromatic rings. The molecule has 5 nitrogen and oxygen atoms in total. The van der Waals surface area contributed by atoms with Crippen LogP contribution >= 0.6 is 0 Å². The first-order valence-electron chi connectivity index (χ1n) is 7.75. The van der Waals surface area contributed by atoms with Gasteiger partial charge in [0.2, 0.25) is 0 Å². The van der Waals surface area contributed by atoms with Crippen LogP contribution in [0.1, 0.15) is 46.0 Å². The standard InChI is InChI=1S/C14H24O3.CH4O2/c1-8-6-7-10-4-3-5-11-9(2)13(15)17-14(16-8)12(10)11;1-3-2/h8-15H,3-7H2,1-2H3;2H,1H3/t8-,9+,10?,11?,12?,13?,14?;/m0./s1. The Morgan fingerprint density at radius 1 is 1.05 bits per heavy atom. The lowest BCUT2D eigenvalue weighted by Crippen LogP contribution is -2.51. The molecule has 2 aliphatic heterocycles. The van der Waals surface area contributed by atoms with Crippen LogP contribution in [-0.2, 0) is 14.4 Å². The van der Waals surface area contributed by atoms with Crippen LogP contribution in [-0.4, -0.2) is 36.2 Å². The summed E-state index contributed by atoms with van der Waals surface area (Å²) in [5.41, 5.74) is 0. The Balaban J connectivity index is 0.000000452. The monoisotopic (exact) mass is 288 g/mol. The van der Waals surface area contributed by atoms with Crippen LogP contribution in [0.2, 0.25) is 0 Å². The fourth-order valence-electron chi connectivity index (χ4n) is 4.16. The van der Waals surface area contributed by atoms with Crippen molar-refractivity contribution in [2.45, 2.75) is 64.6 Å². The van der Waals surface area contributed by atoms with Gasteiger partial charge in [-0.05, 0) is 44.4 Å². The van der Waals surface area contributed by atoms with E-state index in [2.05, 4.69) is 18.7 Å². The number of hydrogen-bond donors (Lipinski definition) is 2. The van der Waals surface area contributed by atoms with Crippen LogP contribution in [0.25, 0.3) is 0 Å². The predicted octanol–water partition coefficient (Wildman–Crippen LogP) is 2.63. The molecular weight excluding hydrogens is 260 g/mol. The topological polar surface area (TPSA) is 68.2 Å². The minimum Gasteiger partial charge on any atom is -0.368 e. The molecule has 1 saturated carbocycles. The molecule has 0 amide bonds. The molecule has 20 heavy (non-hydrogen) atoms. The molecule has 7 atom stereocenters. The summed E-state index contributed by atoms with van der Waals surface area (Å²) in [6.45, 7) is 4.25. The number of aliphatic hydroxyl groups is 1. The van der Waals surface area contributed by atoms with Gasteiger partial charge in [0, 0.05) is 11.8 Å². The van der Waals surface area contributed by atoms with Crippen molar-refractivity contribution in [3.05, 3.63) is 0 Å². The molecule has 0 aromatic carbocycles. The van der Waals surface area contributed by atoms with Crippen molar-refractivity contribution in [3.8, 4) is 0 Å². The summed E-state index contributed by atoms with van der Waals surface area (Å²) < 4.78 is 11.7. The Morgan fingerprint density at radius 3 is 2.45 bits per heavy atom. The van der Waals surface area contributed by atoms with Gasteiger partial charge in [-0.25, -0.2) is 4.89 Å². The Hall–Kier alpha value is -0.200. The Kier molecular flexibility index (Phi) is 5.81. The molecule has 0 bridgehead atoms. The highest BCUT2D eigenvalue weighted by Crippen LogP contribution is 2.49. The van der Waals surface area contributed by atoms with Crippen molar-refractivity contribution >= 4 is 0 Å². The zero-order chi connectivity index (χ0) is 14.7. The Labute approximate surface area is 121 Å². The first-order chi connectivity index (χ1) is 9.58. The van der Waals surface area contributed by atoms with Gasteiger partial charge < -0.3 is 14.6 Å². The van der Waals surface area contributed by atoms with E-state index in [1.54, 1.807) is 0 Å². The van der Waals surface area contributed by atoms with E-state index in [0.717, 1.165) is 12.3 Å². The molecule has 5 unspecified atom stereocenters. The largest absolute Gasteiger partial charge is 0.368 e. The van der Waals surface area contributed by atoms with Crippen molar-refractivity contribution < 1.29 is 24.7 Å². The number of aliphatic hydroxyl groups excluding tert-OH is 1. The molecule has 0 spiro atoms. The van der Waals surface area contributed by atoms with Crippen LogP contribution in [0.3, 0.4) is 0 Å². The van der Waals surface area contributed by atoms with Gasteiger partial charge in [-0.3, -0.25) is 5.26 Å². The highest BCUT2D eigenvalue weighted by Gasteiger charge is 2.49. The first kappa shape index (κ1) is 16.2. The zero-order valence-corrected chi connectivity index (χ0v) is 12.7. The molecule has 2 heterocycles. The molecule has 118 valence electrons. The number of rotatable bonds is 0. The fourth-order valence-corrected chi connectivity index (χ4v) is 4.16. The van der Waals surface area contributed by atoms with Crippen LogP contribution in [0.5, 0.6) is 0 Å². The summed E-state index contributed by atoms with van der Waals surface area (Å²) in [6, 6.07) is 0. The molecule has 3 rings (SSSR count). The number of ether oxygens (including phenoxy) is 2. The van der Waals surface area contributed by atoms with Gasteiger partial charge in [-0.1, -0.05) is 13.3 Å². The second kappa shape index (κ2) is 7.18. The van der Waals surface area contributed by atoms with Gasteiger partial charge in [-0.2, -0.15) is 0 Å². The average molecular weight is 288 g/mol. The van der Waals surface area contributed by atoms with E-state index < -0.39 is 6.29 Å². The third kappa shape index (κ3) is 3.34. The normalized spacial score (nSPS) is 47.5. The SMILES string of the molecule is COO.C[C@H]1C(O)OC2O[C@@H](C)CCC3CCCC1C32. The van der Waals surface area contributed by atoms with Crippen molar-refractivity contribution in [1.82, 2.24) is 0 Å². The summed E-state index contributed by atoms with van der Waals surface area (Å²) in [4.78, 5) is 3.25. The smallest absolute Gasteiger partial charge is 0.164 e. The minimum absolute atomic E-state index is 0.158. The van der Waals surface area contributed by atoms with Crippen LogP contribution in [0, 0.1) is 23.7 Å². The number of hydrogen-bond acceptors (Lipinski definition) is 5. The lowest BCUT2D eigenvalue weighted by atomic mass is 9.65. The van der Waals surface area contributed by atoms with Crippen LogP contribution in [0.15, 0.2) is 0 Å². The maximum Gasteiger partial charge on any atom is 0.164 e. The van der Waals surface area contributed by atoms with E-state index in [0.29, 0.717) is 11.8 Å². The molecule has 1 aliphatic carbocycles. The summed E-state index contributed by atoms with van der Waals surface area (Å²) in [7, 11) is 1.18. The minimum atomic E-state index is -0.634. The predicted molar refractivity (Wildman–Crippen MR) is 73.8 cm³/mol. The summed E-state index contributed by atoms with van der Waals surface area (Å²) in [5.74, 6) is 2.12. The second-order valence-corrected chi connectivity index (χ2v) is 6.39. The Bertz CT molecular complexity index is 298. The van der Waals surface area contributed by atoms with Crippen molar-refractivity contribution in [2.75, 3.05) is 7.11 Å².